The molecule has 0 saturated carbocycles. The number of ether oxygens (including phenoxy) is 3. The minimum Gasteiger partial charge on any atom is -0.479 e. The van der Waals surface area contributed by atoms with Crippen LogP contribution in [0.1, 0.15) is 54.0 Å². The fraction of sp³-hybridized carbons (Fsp3) is 0.682. The molecule has 1 aromatic carbocycles. The third-order valence-corrected chi connectivity index (χ3v) is 4.66. The molecule has 0 unspecified atom stereocenters. The number of aliphatic hydroxyl groups is 2. The van der Waals surface area contributed by atoms with Gasteiger partial charge in [0.2, 0.25) is 6.29 Å². The SMILES string of the molecule is C[C@@H]1[C@@H](O)[C@H](Oc2ccc(COC(C)(C)C)cc2NC(C)(C)C)O[C@H](C(=O)O)[C@H]1O. The zero-order chi connectivity index (χ0) is 22.9. The molecule has 0 aromatic heterocycles. The zero-order valence-corrected chi connectivity index (χ0v) is 18.8. The molecule has 1 fully saturated rings. The lowest BCUT2D eigenvalue weighted by molar-refractivity contribution is -0.255. The maximum atomic E-state index is 11.4. The highest BCUT2D eigenvalue weighted by Crippen LogP contribution is 2.34. The van der Waals surface area contributed by atoms with Crippen molar-refractivity contribution in [3.05, 3.63) is 23.8 Å². The number of aliphatic carboxylic acids is 1. The van der Waals surface area contributed by atoms with E-state index in [9.17, 15) is 20.1 Å². The molecule has 2 rings (SSSR count). The van der Waals surface area contributed by atoms with Crippen molar-refractivity contribution in [1.82, 2.24) is 0 Å². The van der Waals surface area contributed by atoms with Crippen LogP contribution in [-0.2, 0) is 20.9 Å². The van der Waals surface area contributed by atoms with Gasteiger partial charge in [0.25, 0.3) is 0 Å². The van der Waals surface area contributed by atoms with Gasteiger partial charge in [-0.3, -0.25) is 0 Å². The Balaban J connectivity index is 2.29. The quantitative estimate of drug-likeness (QED) is 0.550. The van der Waals surface area contributed by atoms with Crippen LogP contribution >= 0.6 is 0 Å². The lowest BCUT2D eigenvalue weighted by Gasteiger charge is -2.39. The first kappa shape index (κ1) is 24.4. The Hall–Kier alpha value is -1.87. The van der Waals surface area contributed by atoms with Gasteiger partial charge in [0.05, 0.1) is 24.0 Å². The Bertz CT molecular complexity index is 738. The number of anilines is 1. The minimum absolute atomic E-state index is 0.277. The molecule has 1 aliphatic heterocycles. The fourth-order valence-electron chi connectivity index (χ4n) is 3.03. The van der Waals surface area contributed by atoms with E-state index in [0.29, 0.717) is 18.0 Å². The van der Waals surface area contributed by atoms with Gasteiger partial charge in [0.1, 0.15) is 11.9 Å². The van der Waals surface area contributed by atoms with Crippen LogP contribution in [0.5, 0.6) is 5.75 Å². The van der Waals surface area contributed by atoms with Gasteiger partial charge in [0, 0.05) is 11.5 Å². The number of carboxylic acids is 1. The van der Waals surface area contributed by atoms with E-state index in [4.69, 9.17) is 14.2 Å². The molecule has 1 aromatic rings. The molecule has 8 heteroatoms. The molecule has 0 amide bonds. The van der Waals surface area contributed by atoms with Crippen LogP contribution < -0.4 is 10.1 Å². The Morgan fingerprint density at radius 2 is 1.77 bits per heavy atom. The smallest absolute Gasteiger partial charge is 0.335 e. The number of carboxylic acid groups (broad SMARTS) is 1. The summed E-state index contributed by atoms with van der Waals surface area (Å²) in [6.07, 6.45) is -5.24. The van der Waals surface area contributed by atoms with Crippen LogP contribution in [-0.4, -0.2) is 57.0 Å². The molecule has 1 aliphatic rings. The summed E-state index contributed by atoms with van der Waals surface area (Å²) >= 11 is 0. The van der Waals surface area contributed by atoms with Crippen molar-refractivity contribution >= 4 is 11.7 Å². The Morgan fingerprint density at radius 3 is 2.30 bits per heavy atom. The van der Waals surface area contributed by atoms with E-state index >= 15 is 0 Å². The Morgan fingerprint density at radius 1 is 1.13 bits per heavy atom. The number of carbonyl (C=O) groups is 1. The van der Waals surface area contributed by atoms with Gasteiger partial charge in [-0.05, 0) is 59.2 Å². The van der Waals surface area contributed by atoms with Crippen LogP contribution in [0.3, 0.4) is 0 Å². The highest BCUT2D eigenvalue weighted by molar-refractivity contribution is 5.73. The summed E-state index contributed by atoms with van der Waals surface area (Å²) in [7, 11) is 0. The van der Waals surface area contributed by atoms with Gasteiger partial charge in [-0.15, -0.1) is 0 Å². The molecule has 4 N–H and O–H groups in total. The van der Waals surface area contributed by atoms with Crippen LogP contribution in [0.25, 0.3) is 0 Å². The van der Waals surface area contributed by atoms with Crippen LogP contribution in [0, 0.1) is 5.92 Å². The lowest BCUT2D eigenvalue weighted by Crippen LogP contribution is -2.57. The summed E-state index contributed by atoms with van der Waals surface area (Å²) < 4.78 is 17.1. The van der Waals surface area contributed by atoms with E-state index in [-0.39, 0.29) is 11.1 Å². The van der Waals surface area contributed by atoms with Crippen LogP contribution in [0.2, 0.25) is 0 Å². The highest BCUT2D eigenvalue weighted by atomic mass is 16.7. The number of benzene rings is 1. The summed E-state index contributed by atoms with van der Waals surface area (Å²) in [6, 6.07) is 5.47. The summed E-state index contributed by atoms with van der Waals surface area (Å²) in [5, 5.41) is 33.2. The monoisotopic (exact) mass is 425 g/mol. The van der Waals surface area contributed by atoms with Gasteiger partial charge in [0.15, 0.2) is 6.10 Å². The number of aliphatic hydroxyl groups excluding tert-OH is 2. The molecule has 0 aliphatic carbocycles. The number of hydrogen-bond acceptors (Lipinski definition) is 7. The van der Waals surface area contributed by atoms with Crippen molar-refractivity contribution in [3.8, 4) is 5.75 Å². The molecule has 1 saturated heterocycles. The Kier molecular flexibility index (Phi) is 7.40. The van der Waals surface area contributed by atoms with Crippen LogP contribution in [0.4, 0.5) is 5.69 Å². The fourth-order valence-corrected chi connectivity index (χ4v) is 3.03. The maximum absolute atomic E-state index is 11.4. The molecule has 170 valence electrons. The number of hydrogen-bond donors (Lipinski definition) is 4. The van der Waals surface area contributed by atoms with Gasteiger partial charge in [-0.25, -0.2) is 4.79 Å². The number of nitrogens with one attached hydrogen (secondary N) is 1. The first-order chi connectivity index (χ1) is 13.7. The van der Waals surface area contributed by atoms with Crippen LogP contribution in [0.15, 0.2) is 18.2 Å². The topological polar surface area (TPSA) is 117 Å². The van der Waals surface area contributed by atoms with Gasteiger partial charge >= 0.3 is 5.97 Å². The summed E-state index contributed by atoms with van der Waals surface area (Å²) in [6.45, 7) is 13.9. The van der Waals surface area contributed by atoms with E-state index in [1.807, 2.05) is 53.7 Å². The second-order valence-corrected chi connectivity index (χ2v) is 9.83. The predicted octanol–water partition coefficient (Wildman–Crippen LogP) is 2.76. The summed E-state index contributed by atoms with van der Waals surface area (Å²) in [5.41, 5.74) is 1.04. The third kappa shape index (κ3) is 6.57. The predicted molar refractivity (Wildman–Crippen MR) is 112 cm³/mol. The van der Waals surface area contributed by atoms with Gasteiger partial charge < -0.3 is 34.8 Å². The normalized spacial score (nSPS) is 27.6. The molecule has 1 heterocycles. The first-order valence-electron chi connectivity index (χ1n) is 10.1. The number of rotatable bonds is 6. The van der Waals surface area contributed by atoms with E-state index in [2.05, 4.69) is 5.32 Å². The lowest BCUT2D eigenvalue weighted by atomic mass is 9.90. The van der Waals surface area contributed by atoms with Crippen molar-refractivity contribution in [2.24, 2.45) is 5.92 Å². The van der Waals surface area contributed by atoms with Crippen molar-refractivity contribution in [2.75, 3.05) is 5.32 Å². The molecule has 0 spiro atoms. The van der Waals surface area contributed by atoms with E-state index < -0.39 is 36.5 Å². The third-order valence-electron chi connectivity index (χ3n) is 4.66. The molecule has 8 nitrogen and oxygen atoms in total. The maximum Gasteiger partial charge on any atom is 0.335 e. The van der Waals surface area contributed by atoms with E-state index in [1.165, 1.54) is 0 Å². The van der Waals surface area contributed by atoms with E-state index in [0.717, 1.165) is 5.56 Å². The first-order valence-corrected chi connectivity index (χ1v) is 10.1. The van der Waals surface area contributed by atoms with Gasteiger partial charge in [-0.2, -0.15) is 0 Å². The highest BCUT2D eigenvalue weighted by Gasteiger charge is 2.46. The molecule has 0 bridgehead atoms. The van der Waals surface area contributed by atoms with Crippen molar-refractivity contribution in [1.29, 1.82) is 0 Å². The second-order valence-electron chi connectivity index (χ2n) is 9.83. The molecular weight excluding hydrogens is 390 g/mol. The van der Waals surface area contributed by atoms with Crippen molar-refractivity contribution in [3.63, 3.8) is 0 Å². The van der Waals surface area contributed by atoms with Crippen molar-refractivity contribution < 1.29 is 34.3 Å². The molecular formula is C22H35NO7. The largest absolute Gasteiger partial charge is 0.479 e. The zero-order valence-electron chi connectivity index (χ0n) is 18.8. The minimum atomic E-state index is -1.48. The average molecular weight is 426 g/mol. The average Bonchev–Trinajstić information content (AvgIpc) is 2.59. The molecule has 0 radical (unpaired) electrons. The molecule has 30 heavy (non-hydrogen) atoms. The summed E-state index contributed by atoms with van der Waals surface area (Å²) in [4.78, 5) is 11.4. The standard InChI is InChI=1S/C22H35NO7/c1-12-16(24)18(19(26)27)30-20(17(12)25)29-15-9-8-13(11-28-22(5,6)7)10-14(15)23-21(2,3)4/h8-10,12,16-18,20,23-25H,11H2,1-7H3,(H,26,27)/t12-,16-,17+,18-,20+/m0/s1. The Labute approximate surface area is 178 Å². The van der Waals surface area contributed by atoms with Crippen molar-refractivity contribution in [2.45, 2.75) is 90.8 Å². The van der Waals surface area contributed by atoms with Gasteiger partial charge in [-0.1, -0.05) is 13.0 Å². The molecule has 5 atom stereocenters. The van der Waals surface area contributed by atoms with E-state index in [1.54, 1.807) is 13.0 Å². The second kappa shape index (κ2) is 9.09. The summed E-state index contributed by atoms with van der Waals surface area (Å²) in [5.74, 6) is -1.64.